The van der Waals surface area contributed by atoms with Crippen LogP contribution in [-0.4, -0.2) is 40.2 Å². The summed E-state index contributed by atoms with van der Waals surface area (Å²) >= 11 is 0. The Morgan fingerprint density at radius 3 is 2.88 bits per heavy atom. The van der Waals surface area contributed by atoms with Gasteiger partial charge in [0.1, 0.15) is 24.2 Å². The van der Waals surface area contributed by atoms with E-state index in [1.54, 1.807) is 29.2 Å². The van der Waals surface area contributed by atoms with Gasteiger partial charge in [0, 0.05) is 24.0 Å². The molecule has 0 unspecified atom stereocenters. The molecule has 5 aromatic rings. The number of hydrogen-bond acceptors (Lipinski definition) is 7. The Kier molecular flexibility index (Phi) is 4.42. The summed E-state index contributed by atoms with van der Waals surface area (Å²) in [5.41, 5.74) is 3.28. The van der Waals surface area contributed by atoms with Crippen molar-refractivity contribution in [3.63, 3.8) is 0 Å². The second-order valence-electron chi connectivity index (χ2n) is 7.61. The molecule has 10 heteroatoms. The van der Waals surface area contributed by atoms with Crippen LogP contribution in [0, 0.1) is 5.82 Å². The number of rotatable bonds is 5. The van der Waals surface area contributed by atoms with Gasteiger partial charge in [-0.2, -0.15) is 10.1 Å². The molecule has 0 saturated carbocycles. The molecule has 1 aliphatic heterocycles. The Morgan fingerprint density at radius 2 is 2.00 bits per heavy atom. The normalized spacial score (nSPS) is 12.0. The average Bonchev–Trinajstić information content (AvgIpc) is 3.57. The summed E-state index contributed by atoms with van der Waals surface area (Å²) in [6.45, 7) is 0.345. The van der Waals surface area contributed by atoms with Crippen LogP contribution in [0.3, 0.4) is 0 Å². The lowest BCUT2D eigenvalue weighted by atomic mass is 10.1. The Bertz CT molecular complexity index is 1490. The third-order valence-corrected chi connectivity index (χ3v) is 5.58. The maximum absolute atomic E-state index is 14.0. The number of carbonyl (C=O) groups is 1. The van der Waals surface area contributed by atoms with Crippen LogP contribution in [0.25, 0.3) is 28.6 Å². The maximum Gasteiger partial charge on any atom is 0.227 e. The number of fused-ring (bicyclic) bond motifs is 5. The molecule has 9 nitrogen and oxygen atoms in total. The molecule has 0 aliphatic carbocycles. The van der Waals surface area contributed by atoms with Gasteiger partial charge in [-0.25, -0.2) is 19.0 Å². The van der Waals surface area contributed by atoms with Gasteiger partial charge in [0.25, 0.3) is 0 Å². The second kappa shape index (κ2) is 7.59. The molecule has 162 valence electrons. The van der Waals surface area contributed by atoms with Crippen LogP contribution < -0.4 is 0 Å². The van der Waals surface area contributed by atoms with Gasteiger partial charge in [-0.15, -0.1) is 0 Å². The van der Waals surface area contributed by atoms with Crippen molar-refractivity contribution in [2.24, 2.45) is 0 Å². The zero-order valence-electron chi connectivity index (χ0n) is 17.2. The van der Waals surface area contributed by atoms with Gasteiger partial charge in [-0.3, -0.25) is 9.36 Å². The van der Waals surface area contributed by atoms with E-state index in [2.05, 4.69) is 25.2 Å². The van der Waals surface area contributed by atoms with Crippen LogP contribution in [0.4, 0.5) is 4.39 Å². The number of carbonyl (C=O) groups excluding carboxylic acids is 1. The van der Waals surface area contributed by atoms with Crippen LogP contribution in [0.1, 0.15) is 28.4 Å². The minimum absolute atomic E-state index is 0.00811. The number of benzene rings is 2. The molecule has 0 spiro atoms. The van der Waals surface area contributed by atoms with Gasteiger partial charge in [0.05, 0.1) is 17.9 Å². The van der Waals surface area contributed by atoms with E-state index in [0.717, 1.165) is 11.4 Å². The number of Topliss-reactive ketones (excluding diaryl/α,β-unsaturated/α-hetero) is 1. The summed E-state index contributed by atoms with van der Waals surface area (Å²) in [6.07, 6.45) is 3.66. The lowest BCUT2D eigenvalue weighted by Gasteiger charge is -2.08. The highest BCUT2D eigenvalue weighted by molar-refractivity contribution is 5.96. The first-order chi connectivity index (χ1) is 16.2. The van der Waals surface area contributed by atoms with E-state index in [1.807, 2.05) is 22.8 Å². The first-order valence-electron chi connectivity index (χ1n) is 10.3. The van der Waals surface area contributed by atoms with E-state index in [9.17, 15) is 9.18 Å². The molecule has 0 radical (unpaired) electrons. The van der Waals surface area contributed by atoms with Crippen molar-refractivity contribution in [2.45, 2.75) is 19.4 Å². The fourth-order valence-electron chi connectivity index (χ4n) is 3.99. The molecule has 4 heterocycles. The monoisotopic (exact) mass is 441 g/mol. The maximum atomic E-state index is 14.0. The summed E-state index contributed by atoms with van der Waals surface area (Å²) in [4.78, 5) is 25.6. The lowest BCUT2D eigenvalue weighted by molar-refractivity contribution is 0.0979. The van der Waals surface area contributed by atoms with E-state index in [-0.39, 0.29) is 18.0 Å². The summed E-state index contributed by atoms with van der Waals surface area (Å²) in [7, 11) is 0. The smallest absolute Gasteiger partial charge is 0.227 e. The molecule has 3 aromatic heterocycles. The van der Waals surface area contributed by atoms with Gasteiger partial charge in [0.15, 0.2) is 11.6 Å². The zero-order chi connectivity index (χ0) is 22.4. The third-order valence-electron chi connectivity index (χ3n) is 5.58. The van der Waals surface area contributed by atoms with Crippen molar-refractivity contribution in [1.82, 2.24) is 34.5 Å². The molecule has 0 bridgehead atoms. The average molecular weight is 441 g/mol. The van der Waals surface area contributed by atoms with E-state index < -0.39 is 0 Å². The fraction of sp³-hybridized carbons (Fsp3) is 0.130. The van der Waals surface area contributed by atoms with E-state index >= 15 is 0 Å². The van der Waals surface area contributed by atoms with Crippen molar-refractivity contribution in [3.05, 3.63) is 84.2 Å². The Morgan fingerprint density at radius 1 is 1.12 bits per heavy atom. The third kappa shape index (κ3) is 3.32. The molecule has 0 amide bonds. The highest BCUT2D eigenvalue weighted by Crippen LogP contribution is 2.33. The second-order valence-corrected chi connectivity index (χ2v) is 7.61. The number of imidazole rings is 1. The highest BCUT2D eigenvalue weighted by Gasteiger charge is 2.26. The molecule has 0 saturated heterocycles. The minimum atomic E-state index is -0.361. The predicted octanol–water partition coefficient (Wildman–Crippen LogP) is 3.50. The number of nitrogens with zero attached hydrogens (tertiary/aromatic N) is 7. The molecule has 0 N–H and O–H groups in total. The summed E-state index contributed by atoms with van der Waals surface area (Å²) in [5.74, 6) is 0.882. The van der Waals surface area contributed by atoms with Gasteiger partial charge in [0.2, 0.25) is 11.7 Å². The van der Waals surface area contributed by atoms with Crippen LogP contribution >= 0.6 is 0 Å². The Balaban J connectivity index is 1.32. The largest absolute Gasteiger partial charge is 0.339 e. The van der Waals surface area contributed by atoms with Gasteiger partial charge >= 0.3 is 0 Å². The SMILES string of the molecule is O=C(CCc1nc(-c2ncn3c2Cn2ncnc2-c2cc(F)ccc2-3)no1)c1ccccc1. The molecular weight excluding hydrogens is 425 g/mol. The van der Waals surface area contributed by atoms with Crippen molar-refractivity contribution in [3.8, 4) is 28.6 Å². The van der Waals surface area contributed by atoms with Crippen molar-refractivity contribution in [2.75, 3.05) is 0 Å². The van der Waals surface area contributed by atoms with Gasteiger partial charge in [-0.1, -0.05) is 35.5 Å². The van der Waals surface area contributed by atoms with Gasteiger partial charge < -0.3 is 4.52 Å². The van der Waals surface area contributed by atoms with E-state index in [1.165, 1.54) is 18.5 Å². The molecule has 1 aliphatic rings. The van der Waals surface area contributed by atoms with Crippen molar-refractivity contribution >= 4 is 5.78 Å². The predicted molar refractivity (Wildman–Crippen MR) is 114 cm³/mol. The molecule has 6 rings (SSSR count). The summed E-state index contributed by atoms with van der Waals surface area (Å²) < 4.78 is 22.9. The number of aromatic nitrogens is 7. The number of aryl methyl sites for hydroxylation is 1. The number of ketones is 1. The number of halogens is 1. The van der Waals surface area contributed by atoms with Crippen LogP contribution in [0.5, 0.6) is 0 Å². The standard InChI is InChI=1S/C23H16FN7O2/c24-15-6-7-17-16(10-15)23-25-12-27-31(23)11-18-21(26-13-30(17)18)22-28-20(33-29-22)9-8-19(32)14-4-2-1-3-5-14/h1-7,10,12-13H,8-9,11H2. The highest BCUT2D eigenvalue weighted by atomic mass is 19.1. The summed E-state index contributed by atoms with van der Waals surface area (Å²) in [5, 5.41) is 8.36. The van der Waals surface area contributed by atoms with Crippen molar-refractivity contribution < 1.29 is 13.7 Å². The lowest BCUT2D eigenvalue weighted by Crippen LogP contribution is -2.06. The molecule has 33 heavy (non-hydrogen) atoms. The van der Waals surface area contributed by atoms with E-state index in [4.69, 9.17) is 4.52 Å². The molecule has 2 aromatic carbocycles. The minimum Gasteiger partial charge on any atom is -0.339 e. The Hall–Kier alpha value is -4.47. The van der Waals surface area contributed by atoms with Gasteiger partial charge in [-0.05, 0) is 18.2 Å². The first-order valence-corrected chi connectivity index (χ1v) is 10.3. The van der Waals surface area contributed by atoms with Crippen LogP contribution in [-0.2, 0) is 13.0 Å². The van der Waals surface area contributed by atoms with Crippen LogP contribution in [0.15, 0.2) is 65.7 Å². The first kappa shape index (κ1) is 19.2. The van der Waals surface area contributed by atoms with Crippen molar-refractivity contribution in [1.29, 1.82) is 0 Å². The zero-order valence-corrected chi connectivity index (χ0v) is 17.2. The number of hydrogen-bond donors (Lipinski definition) is 0. The Labute approximate surface area is 186 Å². The molecule has 0 atom stereocenters. The summed E-state index contributed by atoms with van der Waals surface area (Å²) in [6, 6.07) is 13.6. The van der Waals surface area contributed by atoms with Crippen LogP contribution in [0.2, 0.25) is 0 Å². The fourth-order valence-corrected chi connectivity index (χ4v) is 3.99. The topological polar surface area (TPSA) is 105 Å². The van der Waals surface area contributed by atoms with E-state index in [0.29, 0.717) is 47.3 Å². The molecule has 0 fully saturated rings. The molecular formula is C23H16FN7O2. The quantitative estimate of drug-likeness (QED) is 0.377.